The smallest absolute Gasteiger partial charge is 0.189 e. The molecule has 138 valence electrons. The molecule has 0 amide bonds. The number of benzene rings is 2. The molecular weight excluding hydrogens is 356 g/mol. The van der Waals surface area contributed by atoms with E-state index in [-0.39, 0.29) is 6.61 Å². The highest BCUT2D eigenvalue weighted by molar-refractivity contribution is 5.89. The summed E-state index contributed by atoms with van der Waals surface area (Å²) in [6, 6.07) is 17.2. The lowest BCUT2D eigenvalue weighted by Gasteiger charge is -2.04. The van der Waals surface area contributed by atoms with E-state index in [1.54, 1.807) is 28.8 Å². The van der Waals surface area contributed by atoms with Crippen LogP contribution in [0.2, 0.25) is 0 Å². The van der Waals surface area contributed by atoms with E-state index in [2.05, 4.69) is 20.2 Å². The minimum absolute atomic E-state index is 0.252. The first-order valence-electron chi connectivity index (χ1n) is 8.72. The number of rotatable bonds is 5. The maximum atomic E-state index is 5.77. The lowest BCUT2D eigenvalue weighted by Crippen LogP contribution is -1.99. The van der Waals surface area contributed by atoms with Gasteiger partial charge in [0.15, 0.2) is 17.1 Å². The molecule has 28 heavy (non-hydrogen) atoms. The van der Waals surface area contributed by atoms with Crippen LogP contribution in [0.4, 0.5) is 0 Å². The number of para-hydroxylation sites is 1. The van der Waals surface area contributed by atoms with Crippen molar-refractivity contribution in [2.75, 3.05) is 7.11 Å². The number of ether oxygens (including phenoxy) is 2. The SMILES string of the molecule is COc1ccc(OCc2nc3c4cnn(-c5ccccc5)c4ncn3n2)cc1. The second-order valence-electron chi connectivity index (χ2n) is 6.13. The van der Waals surface area contributed by atoms with Crippen molar-refractivity contribution in [1.29, 1.82) is 0 Å². The third-order valence-electron chi connectivity index (χ3n) is 4.38. The standard InChI is InChI=1S/C20H16N6O2/c1-27-15-7-9-16(10-8-15)28-12-18-23-20-17-11-22-26(14-5-3-2-4-6-14)19(17)21-13-25(20)24-18/h2-11,13H,12H2,1H3. The van der Waals surface area contributed by atoms with E-state index in [1.807, 2.05) is 54.6 Å². The molecule has 3 aromatic heterocycles. The molecule has 0 radical (unpaired) electrons. The van der Waals surface area contributed by atoms with E-state index in [4.69, 9.17) is 9.47 Å². The van der Waals surface area contributed by atoms with Gasteiger partial charge in [-0.15, -0.1) is 5.10 Å². The zero-order chi connectivity index (χ0) is 18.9. The van der Waals surface area contributed by atoms with Gasteiger partial charge in [-0.1, -0.05) is 18.2 Å². The van der Waals surface area contributed by atoms with E-state index in [0.29, 0.717) is 11.5 Å². The third-order valence-corrected chi connectivity index (χ3v) is 4.38. The average Bonchev–Trinajstić information content (AvgIpc) is 3.37. The number of hydrogen-bond donors (Lipinski definition) is 0. The zero-order valence-corrected chi connectivity index (χ0v) is 15.1. The first kappa shape index (κ1) is 16.2. The zero-order valence-electron chi connectivity index (χ0n) is 15.1. The lowest BCUT2D eigenvalue weighted by molar-refractivity contribution is 0.295. The van der Waals surface area contributed by atoms with E-state index in [1.165, 1.54) is 0 Å². The Bertz CT molecular complexity index is 1240. The molecule has 5 rings (SSSR count). The van der Waals surface area contributed by atoms with Gasteiger partial charge in [0.2, 0.25) is 0 Å². The van der Waals surface area contributed by atoms with E-state index in [0.717, 1.165) is 28.2 Å². The van der Waals surface area contributed by atoms with Crippen molar-refractivity contribution in [2.24, 2.45) is 0 Å². The van der Waals surface area contributed by atoms with Gasteiger partial charge in [0.05, 0.1) is 24.4 Å². The second-order valence-corrected chi connectivity index (χ2v) is 6.13. The molecule has 0 aliphatic carbocycles. The van der Waals surface area contributed by atoms with Crippen LogP contribution >= 0.6 is 0 Å². The van der Waals surface area contributed by atoms with Crippen LogP contribution < -0.4 is 9.47 Å². The molecule has 0 aliphatic heterocycles. The molecule has 0 bridgehead atoms. The van der Waals surface area contributed by atoms with Crippen LogP contribution in [-0.4, -0.2) is 36.5 Å². The van der Waals surface area contributed by atoms with Gasteiger partial charge in [-0.05, 0) is 36.4 Å². The first-order chi connectivity index (χ1) is 13.8. The normalized spacial score (nSPS) is 11.2. The molecule has 0 N–H and O–H groups in total. The molecule has 0 aliphatic rings. The van der Waals surface area contributed by atoms with Gasteiger partial charge in [-0.2, -0.15) is 5.10 Å². The Morgan fingerprint density at radius 1 is 0.929 bits per heavy atom. The molecule has 0 saturated heterocycles. The van der Waals surface area contributed by atoms with Crippen LogP contribution in [0, 0.1) is 0 Å². The highest BCUT2D eigenvalue weighted by Gasteiger charge is 2.13. The first-order valence-corrected chi connectivity index (χ1v) is 8.72. The minimum Gasteiger partial charge on any atom is -0.497 e. The summed E-state index contributed by atoms with van der Waals surface area (Å²) >= 11 is 0. The van der Waals surface area contributed by atoms with Gasteiger partial charge < -0.3 is 9.47 Å². The minimum atomic E-state index is 0.252. The highest BCUT2D eigenvalue weighted by Crippen LogP contribution is 2.21. The van der Waals surface area contributed by atoms with Crippen LogP contribution in [0.15, 0.2) is 67.1 Å². The summed E-state index contributed by atoms with van der Waals surface area (Å²) in [5.74, 6) is 2.07. The van der Waals surface area contributed by atoms with Gasteiger partial charge in [0.25, 0.3) is 0 Å². The fraction of sp³-hybridized carbons (Fsp3) is 0.100. The average molecular weight is 372 g/mol. The monoisotopic (exact) mass is 372 g/mol. The maximum Gasteiger partial charge on any atom is 0.189 e. The second kappa shape index (κ2) is 6.66. The molecule has 5 aromatic rings. The molecule has 0 saturated carbocycles. The van der Waals surface area contributed by atoms with Crippen molar-refractivity contribution in [3.8, 4) is 17.2 Å². The summed E-state index contributed by atoms with van der Waals surface area (Å²) in [7, 11) is 1.63. The van der Waals surface area contributed by atoms with Crippen molar-refractivity contribution in [3.63, 3.8) is 0 Å². The Morgan fingerprint density at radius 2 is 1.71 bits per heavy atom. The van der Waals surface area contributed by atoms with Gasteiger partial charge in [-0.3, -0.25) is 0 Å². The molecule has 0 atom stereocenters. The summed E-state index contributed by atoms with van der Waals surface area (Å²) in [6.07, 6.45) is 3.40. The van der Waals surface area contributed by atoms with Crippen LogP contribution in [0.5, 0.6) is 11.5 Å². The molecule has 0 fully saturated rings. The molecule has 0 unspecified atom stereocenters. The van der Waals surface area contributed by atoms with Gasteiger partial charge in [-0.25, -0.2) is 19.2 Å². The Kier molecular flexibility index (Phi) is 3.86. The summed E-state index contributed by atoms with van der Waals surface area (Å²) in [5, 5.41) is 9.74. The summed E-state index contributed by atoms with van der Waals surface area (Å²) < 4.78 is 14.4. The number of aromatic nitrogens is 6. The van der Waals surface area contributed by atoms with Crippen molar-refractivity contribution < 1.29 is 9.47 Å². The maximum absolute atomic E-state index is 5.77. The number of fused-ring (bicyclic) bond motifs is 3. The predicted molar refractivity (Wildman–Crippen MR) is 103 cm³/mol. The predicted octanol–water partition coefficient (Wildman–Crippen LogP) is 3.05. The van der Waals surface area contributed by atoms with Crippen LogP contribution in [0.1, 0.15) is 5.82 Å². The van der Waals surface area contributed by atoms with Crippen molar-refractivity contribution in [3.05, 3.63) is 72.9 Å². The number of nitrogens with zero attached hydrogens (tertiary/aromatic N) is 6. The van der Waals surface area contributed by atoms with E-state index >= 15 is 0 Å². The number of hydrogen-bond acceptors (Lipinski definition) is 6. The van der Waals surface area contributed by atoms with Crippen LogP contribution in [-0.2, 0) is 6.61 Å². The number of methoxy groups -OCH3 is 1. The van der Waals surface area contributed by atoms with Gasteiger partial charge >= 0.3 is 0 Å². The van der Waals surface area contributed by atoms with E-state index < -0.39 is 0 Å². The highest BCUT2D eigenvalue weighted by atomic mass is 16.5. The molecule has 3 heterocycles. The van der Waals surface area contributed by atoms with E-state index in [9.17, 15) is 0 Å². The van der Waals surface area contributed by atoms with Crippen LogP contribution in [0.3, 0.4) is 0 Å². The molecular formula is C20H16N6O2. The Labute approximate surface area is 160 Å². The Morgan fingerprint density at radius 3 is 2.50 bits per heavy atom. The van der Waals surface area contributed by atoms with Crippen molar-refractivity contribution >= 4 is 16.7 Å². The summed E-state index contributed by atoms with van der Waals surface area (Å²) in [5.41, 5.74) is 2.37. The third kappa shape index (κ3) is 2.81. The van der Waals surface area contributed by atoms with Crippen molar-refractivity contribution in [1.82, 2.24) is 29.4 Å². The topological polar surface area (TPSA) is 79.4 Å². The summed E-state index contributed by atoms with van der Waals surface area (Å²) in [6.45, 7) is 0.252. The lowest BCUT2D eigenvalue weighted by atomic mass is 10.3. The Balaban J connectivity index is 1.45. The van der Waals surface area contributed by atoms with Crippen molar-refractivity contribution in [2.45, 2.75) is 6.61 Å². The Hall–Kier alpha value is -3.94. The molecule has 0 spiro atoms. The largest absolute Gasteiger partial charge is 0.497 e. The fourth-order valence-electron chi connectivity index (χ4n) is 3.00. The molecule has 2 aromatic carbocycles. The molecule has 8 nitrogen and oxygen atoms in total. The van der Waals surface area contributed by atoms with Gasteiger partial charge in [0, 0.05) is 0 Å². The van der Waals surface area contributed by atoms with Gasteiger partial charge in [0.1, 0.15) is 24.4 Å². The fourth-order valence-corrected chi connectivity index (χ4v) is 3.00. The quantitative estimate of drug-likeness (QED) is 0.472. The van der Waals surface area contributed by atoms with Crippen LogP contribution in [0.25, 0.3) is 22.4 Å². The molecule has 8 heteroatoms. The summed E-state index contributed by atoms with van der Waals surface area (Å²) in [4.78, 5) is 9.11.